The number of carbonyl (C=O) groups is 1. The maximum atomic E-state index is 13.6. The van der Waals surface area contributed by atoms with E-state index in [2.05, 4.69) is 11.9 Å². The predicted molar refractivity (Wildman–Crippen MR) is 117 cm³/mol. The van der Waals surface area contributed by atoms with E-state index in [1.807, 2.05) is 55.5 Å². The Labute approximate surface area is 173 Å². The average Bonchev–Trinajstić information content (AvgIpc) is 3.18. The molecule has 2 aromatic carbocycles. The third-order valence-electron chi connectivity index (χ3n) is 4.56. The Hall–Kier alpha value is -3.25. The van der Waals surface area contributed by atoms with Crippen molar-refractivity contribution in [2.45, 2.75) is 20.3 Å². The van der Waals surface area contributed by atoms with Crippen molar-refractivity contribution in [3.8, 4) is 5.88 Å². The molecular weight excluding hydrogens is 382 g/mol. The molecule has 0 saturated carbocycles. The first-order valence-electron chi connectivity index (χ1n) is 9.58. The summed E-state index contributed by atoms with van der Waals surface area (Å²) in [7, 11) is 0. The molecule has 0 unspecified atom stereocenters. The minimum absolute atomic E-state index is 0.218. The zero-order valence-corrected chi connectivity index (χ0v) is 17.1. The van der Waals surface area contributed by atoms with Gasteiger partial charge in [-0.05, 0) is 55.3 Å². The average molecular weight is 404 g/mol. The minimum atomic E-state index is -0.218. The van der Waals surface area contributed by atoms with Gasteiger partial charge in [0, 0.05) is 6.20 Å². The van der Waals surface area contributed by atoms with E-state index in [9.17, 15) is 4.79 Å². The highest BCUT2D eigenvalue weighted by Crippen LogP contribution is 2.35. The van der Waals surface area contributed by atoms with E-state index in [0.29, 0.717) is 23.2 Å². The number of rotatable bonds is 6. The van der Waals surface area contributed by atoms with Crippen molar-refractivity contribution in [1.82, 2.24) is 9.97 Å². The van der Waals surface area contributed by atoms with Crippen LogP contribution in [-0.4, -0.2) is 22.5 Å². The van der Waals surface area contributed by atoms with Gasteiger partial charge in [-0.2, -0.15) is 0 Å². The Morgan fingerprint density at radius 1 is 1.03 bits per heavy atom. The number of ether oxygens (including phenoxy) is 1. The van der Waals surface area contributed by atoms with Gasteiger partial charge in [0.25, 0.3) is 5.91 Å². The van der Waals surface area contributed by atoms with E-state index >= 15 is 0 Å². The third-order valence-corrected chi connectivity index (χ3v) is 5.58. The van der Waals surface area contributed by atoms with Crippen LogP contribution in [0.2, 0.25) is 0 Å². The second-order valence-corrected chi connectivity index (χ2v) is 7.42. The third kappa shape index (κ3) is 3.84. The summed E-state index contributed by atoms with van der Waals surface area (Å²) in [6.45, 7) is 4.41. The lowest BCUT2D eigenvalue weighted by molar-refractivity contribution is 0.0994. The molecule has 0 aliphatic carbocycles. The molecule has 0 spiro atoms. The fraction of sp³-hybridized carbons (Fsp3) is 0.174. The van der Waals surface area contributed by atoms with Crippen LogP contribution >= 0.6 is 11.3 Å². The number of nitrogens with zero attached hydrogens (tertiary/aromatic N) is 3. The second kappa shape index (κ2) is 8.41. The molecule has 0 aliphatic heterocycles. The Morgan fingerprint density at radius 3 is 2.55 bits per heavy atom. The van der Waals surface area contributed by atoms with Crippen LogP contribution in [0.4, 0.5) is 10.8 Å². The molecule has 0 aliphatic rings. The standard InChI is InChI=1S/C23H21N3O2S/c1-3-16-11-13-17(14-12-16)26(23-25-19-9-5-6-10-20(19)29-23)22(27)18-8-7-15-24-21(18)28-4-2/h5-15H,3-4H2,1-2H3. The molecule has 0 N–H and O–H groups in total. The van der Waals surface area contributed by atoms with Gasteiger partial charge in [-0.1, -0.05) is 42.5 Å². The van der Waals surface area contributed by atoms with Gasteiger partial charge in [0.15, 0.2) is 5.13 Å². The molecule has 4 aromatic rings. The molecule has 5 nitrogen and oxygen atoms in total. The van der Waals surface area contributed by atoms with Crippen LogP contribution in [0.5, 0.6) is 5.88 Å². The highest BCUT2D eigenvalue weighted by atomic mass is 32.1. The van der Waals surface area contributed by atoms with Crippen LogP contribution in [0.3, 0.4) is 0 Å². The molecule has 146 valence electrons. The zero-order valence-electron chi connectivity index (χ0n) is 16.3. The van der Waals surface area contributed by atoms with Crippen LogP contribution in [0.25, 0.3) is 10.2 Å². The normalized spacial score (nSPS) is 10.8. The monoisotopic (exact) mass is 403 g/mol. The molecule has 29 heavy (non-hydrogen) atoms. The Bertz CT molecular complexity index is 1110. The maximum Gasteiger partial charge on any atom is 0.270 e. The number of benzene rings is 2. The van der Waals surface area contributed by atoms with Crippen molar-refractivity contribution < 1.29 is 9.53 Å². The summed E-state index contributed by atoms with van der Waals surface area (Å²) in [6, 6.07) is 19.4. The first-order chi connectivity index (χ1) is 14.2. The first-order valence-corrected chi connectivity index (χ1v) is 10.4. The van der Waals surface area contributed by atoms with E-state index < -0.39 is 0 Å². The highest BCUT2D eigenvalue weighted by Gasteiger charge is 2.26. The van der Waals surface area contributed by atoms with Crippen molar-refractivity contribution in [2.24, 2.45) is 0 Å². The Morgan fingerprint density at radius 2 is 1.83 bits per heavy atom. The van der Waals surface area contributed by atoms with Gasteiger partial charge in [0.2, 0.25) is 5.88 Å². The molecule has 6 heteroatoms. The van der Waals surface area contributed by atoms with Crippen molar-refractivity contribution >= 4 is 38.3 Å². The number of hydrogen-bond acceptors (Lipinski definition) is 5. The van der Waals surface area contributed by atoms with Gasteiger partial charge in [-0.25, -0.2) is 9.97 Å². The smallest absolute Gasteiger partial charge is 0.270 e. The molecular formula is C23H21N3O2S. The minimum Gasteiger partial charge on any atom is -0.477 e. The summed E-state index contributed by atoms with van der Waals surface area (Å²) < 4.78 is 6.63. The quantitative estimate of drug-likeness (QED) is 0.419. The first kappa shape index (κ1) is 19.1. The number of thiazole rings is 1. The predicted octanol–water partition coefficient (Wildman–Crippen LogP) is 5.63. The molecule has 4 rings (SSSR count). The number of amides is 1. The fourth-order valence-electron chi connectivity index (χ4n) is 3.08. The van der Waals surface area contributed by atoms with Gasteiger partial charge in [0.1, 0.15) is 5.56 Å². The fourth-order valence-corrected chi connectivity index (χ4v) is 4.06. The number of para-hydroxylation sites is 1. The topological polar surface area (TPSA) is 55.3 Å². The Kier molecular flexibility index (Phi) is 5.53. The highest BCUT2D eigenvalue weighted by molar-refractivity contribution is 7.22. The lowest BCUT2D eigenvalue weighted by Gasteiger charge is -2.21. The SMILES string of the molecule is CCOc1ncccc1C(=O)N(c1ccc(CC)cc1)c1nc2ccccc2s1. The number of pyridine rings is 1. The number of hydrogen-bond donors (Lipinski definition) is 0. The van der Waals surface area contributed by atoms with Gasteiger partial charge in [-0.15, -0.1) is 0 Å². The second-order valence-electron chi connectivity index (χ2n) is 6.41. The molecule has 0 atom stereocenters. The maximum absolute atomic E-state index is 13.6. The summed E-state index contributed by atoms with van der Waals surface area (Å²) in [5, 5.41) is 0.617. The molecule has 2 aromatic heterocycles. The van der Waals surface area contributed by atoms with Crippen LogP contribution < -0.4 is 9.64 Å². The van der Waals surface area contributed by atoms with Gasteiger partial charge < -0.3 is 4.74 Å². The number of carbonyl (C=O) groups excluding carboxylic acids is 1. The van der Waals surface area contributed by atoms with Crippen molar-refractivity contribution in [2.75, 3.05) is 11.5 Å². The largest absolute Gasteiger partial charge is 0.477 e. The number of fused-ring (bicyclic) bond motifs is 1. The van der Waals surface area contributed by atoms with Crippen LogP contribution in [-0.2, 0) is 6.42 Å². The van der Waals surface area contributed by atoms with Crippen LogP contribution in [0, 0.1) is 0 Å². The van der Waals surface area contributed by atoms with Gasteiger partial charge >= 0.3 is 0 Å². The van der Waals surface area contributed by atoms with E-state index in [4.69, 9.17) is 9.72 Å². The van der Waals surface area contributed by atoms with Gasteiger partial charge in [0.05, 0.1) is 22.5 Å². The van der Waals surface area contributed by atoms with Crippen molar-refractivity contribution in [1.29, 1.82) is 0 Å². The van der Waals surface area contributed by atoms with Crippen LogP contribution in [0.1, 0.15) is 29.8 Å². The van der Waals surface area contributed by atoms with E-state index in [-0.39, 0.29) is 5.91 Å². The van der Waals surface area contributed by atoms with E-state index in [0.717, 1.165) is 22.3 Å². The van der Waals surface area contributed by atoms with Crippen LogP contribution in [0.15, 0.2) is 66.9 Å². The molecule has 0 fully saturated rings. The number of aromatic nitrogens is 2. The van der Waals surface area contributed by atoms with E-state index in [1.54, 1.807) is 23.2 Å². The summed E-state index contributed by atoms with van der Waals surface area (Å²) in [6.07, 6.45) is 2.56. The summed E-state index contributed by atoms with van der Waals surface area (Å²) >= 11 is 1.49. The summed E-state index contributed by atoms with van der Waals surface area (Å²) in [5.74, 6) is 0.112. The zero-order chi connectivity index (χ0) is 20.2. The number of anilines is 2. The molecule has 0 saturated heterocycles. The summed E-state index contributed by atoms with van der Waals surface area (Å²) in [5.41, 5.74) is 3.25. The molecule has 1 amide bonds. The van der Waals surface area contributed by atoms with Crippen molar-refractivity contribution in [3.63, 3.8) is 0 Å². The Balaban J connectivity index is 1.84. The van der Waals surface area contributed by atoms with E-state index in [1.165, 1.54) is 16.9 Å². The molecule has 0 bridgehead atoms. The van der Waals surface area contributed by atoms with Crippen molar-refractivity contribution in [3.05, 3.63) is 78.0 Å². The van der Waals surface area contributed by atoms with Gasteiger partial charge in [-0.3, -0.25) is 9.69 Å². The molecule has 2 heterocycles. The lowest BCUT2D eigenvalue weighted by Crippen LogP contribution is -2.26. The summed E-state index contributed by atoms with van der Waals surface area (Å²) in [4.78, 5) is 24.2. The molecule has 0 radical (unpaired) electrons. The number of aryl methyl sites for hydroxylation is 1. The lowest BCUT2D eigenvalue weighted by atomic mass is 10.1.